The van der Waals surface area contributed by atoms with E-state index in [2.05, 4.69) is 13.8 Å². The predicted octanol–water partition coefficient (Wildman–Crippen LogP) is 7.37. The summed E-state index contributed by atoms with van der Waals surface area (Å²) >= 11 is 0. The molecule has 0 bridgehead atoms. The van der Waals surface area contributed by atoms with Crippen LogP contribution < -0.4 is 0 Å². The van der Waals surface area contributed by atoms with Crippen LogP contribution in [0.1, 0.15) is 117 Å². The highest BCUT2D eigenvalue weighted by atomic mass is 16.6. The van der Waals surface area contributed by atoms with Gasteiger partial charge >= 0.3 is 0 Å². The molecule has 0 aromatic rings. The summed E-state index contributed by atoms with van der Waals surface area (Å²) < 4.78 is 34.2. The highest BCUT2D eigenvalue weighted by Crippen LogP contribution is 2.17. The van der Waals surface area contributed by atoms with E-state index >= 15 is 0 Å². The van der Waals surface area contributed by atoms with Gasteiger partial charge in [0.1, 0.15) is 6.10 Å². The van der Waals surface area contributed by atoms with Crippen LogP contribution in [0.3, 0.4) is 0 Å². The molecule has 1 heterocycles. The quantitative estimate of drug-likeness (QED) is 0.163. The molecule has 0 N–H and O–H groups in total. The molecular formula is C31H62O6. The third kappa shape index (κ3) is 25.8. The molecule has 0 spiro atoms. The van der Waals surface area contributed by atoms with Gasteiger partial charge in [-0.2, -0.15) is 0 Å². The van der Waals surface area contributed by atoms with Crippen molar-refractivity contribution in [2.75, 3.05) is 72.7 Å². The van der Waals surface area contributed by atoms with Crippen LogP contribution >= 0.6 is 0 Å². The van der Waals surface area contributed by atoms with Crippen molar-refractivity contribution in [2.24, 2.45) is 5.92 Å². The molecule has 0 aliphatic carbocycles. The lowest BCUT2D eigenvalue weighted by Crippen LogP contribution is -2.28. The largest absolute Gasteiger partial charge is 0.379 e. The fourth-order valence-corrected chi connectivity index (χ4v) is 4.75. The molecule has 1 rings (SSSR count). The molecule has 6 heteroatoms. The molecule has 2 atom stereocenters. The summed E-state index contributed by atoms with van der Waals surface area (Å²) in [4.78, 5) is 0. The number of hydrogen-bond donors (Lipinski definition) is 0. The summed E-state index contributed by atoms with van der Waals surface area (Å²) in [6.07, 6.45) is 21.5. The van der Waals surface area contributed by atoms with Crippen LogP contribution in [0.5, 0.6) is 0 Å². The van der Waals surface area contributed by atoms with Gasteiger partial charge < -0.3 is 28.4 Å². The van der Waals surface area contributed by atoms with Gasteiger partial charge in [-0.3, -0.25) is 0 Å². The maximum Gasteiger partial charge on any atom is 0.104 e. The summed E-state index contributed by atoms with van der Waals surface area (Å²) in [5.41, 5.74) is 0. The summed E-state index contributed by atoms with van der Waals surface area (Å²) in [7, 11) is 0. The zero-order valence-electron chi connectivity index (χ0n) is 24.7. The van der Waals surface area contributed by atoms with Crippen molar-refractivity contribution in [3.05, 3.63) is 0 Å². The topological polar surface area (TPSA) is 55.4 Å². The minimum Gasteiger partial charge on any atom is -0.379 e. The minimum absolute atomic E-state index is 0.0270. The van der Waals surface area contributed by atoms with Crippen molar-refractivity contribution in [2.45, 2.75) is 123 Å². The Morgan fingerprint density at radius 1 is 0.595 bits per heavy atom. The molecule has 1 aliphatic heterocycles. The monoisotopic (exact) mass is 530 g/mol. The Bertz CT molecular complexity index is 420. The van der Waals surface area contributed by atoms with Crippen LogP contribution in [0.25, 0.3) is 0 Å². The van der Waals surface area contributed by atoms with Gasteiger partial charge in [-0.1, -0.05) is 104 Å². The van der Waals surface area contributed by atoms with Gasteiger partial charge in [0, 0.05) is 19.8 Å². The lowest BCUT2D eigenvalue weighted by molar-refractivity contribution is -0.0757. The molecule has 222 valence electrons. The van der Waals surface area contributed by atoms with E-state index in [4.69, 9.17) is 28.4 Å². The Morgan fingerprint density at radius 2 is 1.11 bits per heavy atom. The van der Waals surface area contributed by atoms with Gasteiger partial charge in [-0.25, -0.2) is 0 Å². The molecule has 37 heavy (non-hydrogen) atoms. The van der Waals surface area contributed by atoms with E-state index in [0.717, 1.165) is 25.4 Å². The van der Waals surface area contributed by atoms with E-state index in [9.17, 15) is 0 Å². The van der Waals surface area contributed by atoms with Crippen LogP contribution in [-0.4, -0.2) is 78.8 Å². The van der Waals surface area contributed by atoms with Gasteiger partial charge in [0.25, 0.3) is 0 Å². The maximum atomic E-state index is 5.98. The number of rotatable bonds is 19. The first-order valence-corrected chi connectivity index (χ1v) is 15.8. The highest BCUT2D eigenvalue weighted by molar-refractivity contribution is 4.57. The zero-order valence-corrected chi connectivity index (χ0v) is 24.7. The van der Waals surface area contributed by atoms with Gasteiger partial charge in [-0.15, -0.1) is 0 Å². The minimum atomic E-state index is -0.0270. The first kappa shape index (κ1) is 34.8. The van der Waals surface area contributed by atoms with Crippen LogP contribution in [0.4, 0.5) is 0 Å². The molecule has 0 aromatic heterocycles. The molecule has 1 aliphatic rings. The number of unbranched alkanes of at least 4 members (excludes halogenated alkanes) is 11. The van der Waals surface area contributed by atoms with Crippen LogP contribution in [0.2, 0.25) is 0 Å². The molecule has 6 nitrogen and oxygen atoms in total. The maximum absolute atomic E-state index is 5.98. The van der Waals surface area contributed by atoms with Crippen molar-refractivity contribution < 1.29 is 28.4 Å². The summed E-state index contributed by atoms with van der Waals surface area (Å²) in [6, 6.07) is 0. The number of ether oxygens (including phenoxy) is 6. The number of hydrogen-bond acceptors (Lipinski definition) is 6. The Balaban J connectivity index is 1.90. The Labute approximate surface area is 229 Å². The third-order valence-corrected chi connectivity index (χ3v) is 7.03. The average Bonchev–Trinajstić information content (AvgIpc) is 2.89. The van der Waals surface area contributed by atoms with E-state index < -0.39 is 0 Å². The highest BCUT2D eigenvalue weighted by Gasteiger charge is 2.10. The third-order valence-electron chi connectivity index (χ3n) is 7.03. The average molecular weight is 531 g/mol. The second-order valence-electron chi connectivity index (χ2n) is 10.8. The Morgan fingerprint density at radius 3 is 1.70 bits per heavy atom. The fourth-order valence-electron chi connectivity index (χ4n) is 4.75. The van der Waals surface area contributed by atoms with Crippen LogP contribution in [0, 0.1) is 5.92 Å². The Hall–Kier alpha value is -0.240. The zero-order chi connectivity index (χ0) is 26.5. The SMILES string of the molecule is CCCC(C)CCCCCCCCCCCCCCOCC1COCCOCCOCCOCCCO1. The van der Waals surface area contributed by atoms with Gasteiger partial charge in [0.05, 0.1) is 52.9 Å². The standard InChI is InChI=1S/C31H62O6/c1-3-17-30(2)18-14-12-10-8-6-4-5-7-9-11-13-15-19-35-28-31-29-36-27-26-34-25-24-33-23-22-32-20-16-21-37-31/h30-31H,3-29H2,1-2H3. The second kappa shape index (κ2) is 28.8. The van der Waals surface area contributed by atoms with Gasteiger partial charge in [0.2, 0.25) is 0 Å². The molecule has 0 saturated carbocycles. The molecule has 0 amide bonds. The van der Waals surface area contributed by atoms with E-state index in [1.54, 1.807) is 0 Å². The van der Waals surface area contributed by atoms with Crippen LogP contribution in [-0.2, 0) is 28.4 Å². The van der Waals surface area contributed by atoms with Gasteiger partial charge in [0.15, 0.2) is 0 Å². The van der Waals surface area contributed by atoms with Crippen molar-refractivity contribution in [3.8, 4) is 0 Å². The predicted molar refractivity (Wildman–Crippen MR) is 153 cm³/mol. The van der Waals surface area contributed by atoms with E-state index in [1.807, 2.05) is 0 Å². The van der Waals surface area contributed by atoms with Gasteiger partial charge in [-0.05, 0) is 18.8 Å². The van der Waals surface area contributed by atoms with E-state index in [0.29, 0.717) is 66.1 Å². The fraction of sp³-hybridized carbons (Fsp3) is 1.00. The van der Waals surface area contributed by atoms with E-state index in [-0.39, 0.29) is 6.10 Å². The summed E-state index contributed by atoms with van der Waals surface area (Å²) in [5.74, 6) is 0.933. The summed E-state index contributed by atoms with van der Waals surface area (Å²) in [6.45, 7) is 11.6. The lowest BCUT2D eigenvalue weighted by atomic mass is 9.98. The van der Waals surface area contributed by atoms with Crippen molar-refractivity contribution in [1.29, 1.82) is 0 Å². The van der Waals surface area contributed by atoms with E-state index in [1.165, 1.54) is 89.9 Å². The molecule has 0 aromatic carbocycles. The van der Waals surface area contributed by atoms with Crippen LogP contribution in [0.15, 0.2) is 0 Å². The molecule has 1 saturated heterocycles. The lowest BCUT2D eigenvalue weighted by Gasteiger charge is -2.19. The van der Waals surface area contributed by atoms with Crippen molar-refractivity contribution >= 4 is 0 Å². The molecule has 2 unspecified atom stereocenters. The first-order chi connectivity index (χ1) is 18.3. The molecular weight excluding hydrogens is 468 g/mol. The Kier molecular flexibility index (Phi) is 27.0. The molecule has 1 fully saturated rings. The van der Waals surface area contributed by atoms with Crippen molar-refractivity contribution in [1.82, 2.24) is 0 Å². The molecule has 0 radical (unpaired) electrons. The second-order valence-corrected chi connectivity index (χ2v) is 10.8. The first-order valence-electron chi connectivity index (χ1n) is 15.8. The summed E-state index contributed by atoms with van der Waals surface area (Å²) in [5, 5.41) is 0. The normalized spacial score (nSPS) is 20.1. The smallest absolute Gasteiger partial charge is 0.104 e. The van der Waals surface area contributed by atoms with Crippen molar-refractivity contribution in [3.63, 3.8) is 0 Å².